The molecule has 1 unspecified atom stereocenters. The van der Waals surface area contributed by atoms with Crippen LogP contribution in [0.2, 0.25) is 0 Å². The van der Waals surface area contributed by atoms with Crippen molar-refractivity contribution in [3.05, 3.63) is 12.7 Å². The zero-order chi connectivity index (χ0) is 10.6. The molecule has 0 heterocycles. The first-order valence-corrected chi connectivity index (χ1v) is 5.11. The van der Waals surface area contributed by atoms with Gasteiger partial charge in [-0.2, -0.15) is 0 Å². The van der Waals surface area contributed by atoms with Gasteiger partial charge >= 0.3 is 5.97 Å². The molecule has 1 aliphatic rings. The van der Waals surface area contributed by atoms with Crippen LogP contribution >= 0.6 is 0 Å². The molecule has 0 bridgehead atoms. The Hall–Kier alpha value is -0.830. The number of carboxylic acids is 1. The van der Waals surface area contributed by atoms with Crippen LogP contribution in [0.5, 0.6) is 0 Å². The molecule has 0 spiro atoms. The van der Waals surface area contributed by atoms with Crippen molar-refractivity contribution in [3.63, 3.8) is 0 Å². The van der Waals surface area contributed by atoms with Crippen molar-refractivity contribution in [2.75, 3.05) is 0 Å². The van der Waals surface area contributed by atoms with Crippen LogP contribution in [0, 0.1) is 5.41 Å². The fourth-order valence-electron chi connectivity index (χ4n) is 2.31. The Morgan fingerprint density at radius 3 is 2.50 bits per heavy atom. The van der Waals surface area contributed by atoms with Crippen molar-refractivity contribution in [1.29, 1.82) is 0 Å². The molecule has 0 aromatic heterocycles. The Balaban J connectivity index is 2.47. The minimum atomic E-state index is -0.935. The molecule has 0 amide bonds. The van der Waals surface area contributed by atoms with E-state index in [1.165, 1.54) is 0 Å². The number of hydrogen-bond donors (Lipinski definition) is 2. The monoisotopic (exact) mass is 198 g/mol. The van der Waals surface area contributed by atoms with Crippen molar-refractivity contribution in [3.8, 4) is 0 Å². The Kier molecular flexibility index (Phi) is 3.69. The first kappa shape index (κ1) is 11.2. The predicted octanol–water partition coefficient (Wildman–Crippen LogP) is 1.96. The van der Waals surface area contributed by atoms with Crippen LogP contribution in [-0.2, 0) is 4.79 Å². The van der Waals surface area contributed by atoms with Gasteiger partial charge in [0.25, 0.3) is 0 Å². The van der Waals surface area contributed by atoms with Crippen LogP contribution in [0.15, 0.2) is 12.7 Å². The minimum Gasteiger partial charge on any atom is -0.481 e. The maximum Gasteiger partial charge on any atom is 0.305 e. The highest BCUT2D eigenvalue weighted by Crippen LogP contribution is 2.43. The summed E-state index contributed by atoms with van der Waals surface area (Å²) in [7, 11) is 0. The number of rotatable bonds is 5. The maximum atomic E-state index is 10.4. The number of aliphatic carboxylic acids is 1. The number of allylic oxidation sites excluding steroid dienone is 1. The lowest BCUT2D eigenvalue weighted by Crippen LogP contribution is -2.23. The first-order valence-electron chi connectivity index (χ1n) is 5.11. The molecule has 80 valence electrons. The fraction of sp³-hybridized carbons (Fsp3) is 0.727. The average molecular weight is 198 g/mol. The topological polar surface area (TPSA) is 57.5 Å². The Morgan fingerprint density at radius 1 is 1.50 bits per heavy atom. The summed E-state index contributed by atoms with van der Waals surface area (Å²) in [6.07, 6.45) is 5.94. The van der Waals surface area contributed by atoms with Crippen LogP contribution in [0.1, 0.15) is 38.5 Å². The van der Waals surface area contributed by atoms with Crippen LogP contribution in [0.4, 0.5) is 0 Å². The van der Waals surface area contributed by atoms with Gasteiger partial charge in [0.1, 0.15) is 0 Å². The van der Waals surface area contributed by atoms with Gasteiger partial charge in [-0.15, -0.1) is 6.58 Å². The van der Waals surface area contributed by atoms with Gasteiger partial charge in [0.05, 0.1) is 12.5 Å². The Bertz CT molecular complexity index is 217. The molecular weight excluding hydrogens is 180 g/mol. The van der Waals surface area contributed by atoms with E-state index >= 15 is 0 Å². The minimum absolute atomic E-state index is 0.00509. The van der Waals surface area contributed by atoms with Gasteiger partial charge < -0.3 is 10.2 Å². The SMILES string of the molecule is C=CC1(CC(O)CC(=O)O)CCCC1. The largest absolute Gasteiger partial charge is 0.481 e. The summed E-state index contributed by atoms with van der Waals surface area (Å²) in [6, 6.07) is 0. The highest BCUT2D eigenvalue weighted by atomic mass is 16.4. The Labute approximate surface area is 84.4 Å². The third kappa shape index (κ3) is 2.84. The molecule has 0 aromatic rings. The summed E-state index contributed by atoms with van der Waals surface area (Å²) >= 11 is 0. The third-order valence-electron chi connectivity index (χ3n) is 3.08. The van der Waals surface area contributed by atoms with Gasteiger partial charge in [-0.05, 0) is 24.7 Å². The van der Waals surface area contributed by atoms with Crippen molar-refractivity contribution >= 4 is 5.97 Å². The van der Waals surface area contributed by atoms with Crippen LogP contribution in [0.3, 0.4) is 0 Å². The summed E-state index contributed by atoms with van der Waals surface area (Å²) in [5.74, 6) is -0.935. The lowest BCUT2D eigenvalue weighted by Gasteiger charge is -2.26. The quantitative estimate of drug-likeness (QED) is 0.664. The number of aliphatic hydroxyl groups excluding tert-OH is 1. The second-order valence-corrected chi connectivity index (χ2v) is 4.23. The average Bonchev–Trinajstić information content (AvgIpc) is 2.52. The summed E-state index contributed by atoms with van der Waals surface area (Å²) in [4.78, 5) is 10.4. The van der Waals surface area contributed by atoms with Crippen molar-refractivity contribution in [2.45, 2.75) is 44.6 Å². The van der Waals surface area contributed by atoms with E-state index in [0.717, 1.165) is 25.7 Å². The second kappa shape index (κ2) is 4.60. The van der Waals surface area contributed by atoms with Crippen molar-refractivity contribution in [1.82, 2.24) is 0 Å². The highest BCUT2D eigenvalue weighted by molar-refractivity contribution is 5.67. The van der Waals surface area contributed by atoms with Gasteiger partial charge in [-0.3, -0.25) is 4.79 Å². The summed E-state index contributed by atoms with van der Waals surface area (Å²) in [6.45, 7) is 3.79. The molecular formula is C11H18O3. The van der Waals surface area contributed by atoms with E-state index in [2.05, 4.69) is 6.58 Å². The molecule has 0 aromatic carbocycles. The van der Waals surface area contributed by atoms with E-state index in [1.54, 1.807) is 0 Å². The maximum absolute atomic E-state index is 10.4. The smallest absolute Gasteiger partial charge is 0.305 e. The van der Waals surface area contributed by atoms with Crippen molar-refractivity contribution < 1.29 is 15.0 Å². The number of carbonyl (C=O) groups is 1. The Morgan fingerprint density at radius 2 is 2.07 bits per heavy atom. The van der Waals surface area contributed by atoms with E-state index in [1.807, 2.05) is 6.08 Å². The van der Waals surface area contributed by atoms with Crippen LogP contribution in [0.25, 0.3) is 0 Å². The summed E-state index contributed by atoms with van der Waals surface area (Å²) in [5.41, 5.74) is -0.00509. The molecule has 0 aliphatic heterocycles. The predicted molar refractivity (Wildman–Crippen MR) is 54.0 cm³/mol. The molecule has 1 rings (SSSR count). The molecule has 2 N–H and O–H groups in total. The molecule has 0 radical (unpaired) electrons. The second-order valence-electron chi connectivity index (χ2n) is 4.23. The normalized spacial score (nSPS) is 21.8. The standard InChI is InChI=1S/C11H18O3/c1-2-11(5-3-4-6-11)8-9(12)7-10(13)14/h2,9,12H,1,3-8H2,(H,13,14). The number of hydrogen-bond acceptors (Lipinski definition) is 2. The molecule has 0 saturated heterocycles. The van der Waals surface area contributed by atoms with Crippen LogP contribution in [-0.4, -0.2) is 22.3 Å². The molecule has 1 fully saturated rings. The summed E-state index contributed by atoms with van der Waals surface area (Å²) < 4.78 is 0. The molecule has 1 atom stereocenters. The van der Waals surface area contributed by atoms with Crippen molar-refractivity contribution in [2.24, 2.45) is 5.41 Å². The van der Waals surface area contributed by atoms with Gasteiger partial charge in [-0.25, -0.2) is 0 Å². The number of carboxylic acid groups (broad SMARTS) is 1. The third-order valence-corrected chi connectivity index (χ3v) is 3.08. The molecule has 3 heteroatoms. The molecule has 1 saturated carbocycles. The zero-order valence-electron chi connectivity index (χ0n) is 8.41. The first-order chi connectivity index (χ1) is 6.58. The van der Waals surface area contributed by atoms with E-state index in [9.17, 15) is 9.90 Å². The lowest BCUT2D eigenvalue weighted by molar-refractivity contribution is -0.139. The van der Waals surface area contributed by atoms with E-state index < -0.39 is 12.1 Å². The zero-order valence-corrected chi connectivity index (χ0v) is 8.41. The van der Waals surface area contributed by atoms with Crippen LogP contribution < -0.4 is 0 Å². The lowest BCUT2D eigenvalue weighted by atomic mass is 9.80. The molecule has 14 heavy (non-hydrogen) atoms. The van der Waals surface area contributed by atoms with Gasteiger partial charge in [0, 0.05) is 0 Å². The van der Waals surface area contributed by atoms with E-state index in [4.69, 9.17) is 5.11 Å². The fourth-order valence-corrected chi connectivity index (χ4v) is 2.31. The van der Waals surface area contributed by atoms with E-state index in [-0.39, 0.29) is 11.8 Å². The van der Waals surface area contributed by atoms with E-state index in [0.29, 0.717) is 6.42 Å². The van der Waals surface area contributed by atoms with Gasteiger partial charge in [0.15, 0.2) is 0 Å². The molecule has 3 nitrogen and oxygen atoms in total. The van der Waals surface area contributed by atoms with Gasteiger partial charge in [-0.1, -0.05) is 18.9 Å². The highest BCUT2D eigenvalue weighted by Gasteiger charge is 2.33. The molecule has 1 aliphatic carbocycles. The van der Waals surface area contributed by atoms with Gasteiger partial charge in [0.2, 0.25) is 0 Å². The summed E-state index contributed by atoms with van der Waals surface area (Å²) in [5, 5.41) is 18.1. The number of aliphatic hydroxyl groups is 1.